The SMILES string of the molecule is CCC(Oc1ccc(Br)cc1CNC1CC1)C(=O)O. The Hall–Kier alpha value is -1.07. The average Bonchev–Trinajstić information content (AvgIpc) is 3.18. The molecule has 1 fully saturated rings. The Bertz CT molecular complexity index is 460. The van der Waals surface area contributed by atoms with Crippen LogP contribution in [-0.2, 0) is 11.3 Å². The lowest BCUT2D eigenvalue weighted by molar-refractivity contribution is -0.145. The Morgan fingerprint density at radius 1 is 1.58 bits per heavy atom. The molecule has 1 unspecified atom stereocenters. The van der Waals surface area contributed by atoms with E-state index in [0.29, 0.717) is 24.8 Å². The Morgan fingerprint density at radius 2 is 2.32 bits per heavy atom. The summed E-state index contributed by atoms with van der Waals surface area (Å²) >= 11 is 3.43. The summed E-state index contributed by atoms with van der Waals surface area (Å²) in [5.74, 6) is -0.280. The van der Waals surface area contributed by atoms with E-state index in [9.17, 15) is 4.79 Å². The fourth-order valence-electron chi connectivity index (χ4n) is 1.80. The van der Waals surface area contributed by atoms with Gasteiger partial charge in [0.1, 0.15) is 5.75 Å². The van der Waals surface area contributed by atoms with E-state index >= 15 is 0 Å². The molecule has 2 N–H and O–H groups in total. The third-order valence-corrected chi connectivity index (χ3v) is 3.59. The minimum Gasteiger partial charge on any atom is -0.479 e. The van der Waals surface area contributed by atoms with E-state index in [1.165, 1.54) is 12.8 Å². The van der Waals surface area contributed by atoms with Crippen LogP contribution in [0.4, 0.5) is 0 Å². The number of hydrogen-bond donors (Lipinski definition) is 2. The number of aliphatic carboxylic acids is 1. The first kappa shape index (κ1) is 14.3. The second-order valence-electron chi connectivity index (χ2n) is 4.76. The van der Waals surface area contributed by atoms with Crippen LogP contribution in [0.2, 0.25) is 0 Å². The third kappa shape index (κ3) is 4.21. The summed E-state index contributed by atoms with van der Waals surface area (Å²) in [6.45, 7) is 2.51. The van der Waals surface area contributed by atoms with E-state index in [0.717, 1.165) is 10.0 Å². The first-order chi connectivity index (χ1) is 9.10. The molecule has 19 heavy (non-hydrogen) atoms. The molecule has 0 spiro atoms. The van der Waals surface area contributed by atoms with Crippen LogP contribution in [0.15, 0.2) is 22.7 Å². The van der Waals surface area contributed by atoms with Crippen molar-refractivity contribution in [2.24, 2.45) is 0 Å². The summed E-state index contributed by atoms with van der Waals surface area (Å²) in [6, 6.07) is 6.26. The van der Waals surface area contributed by atoms with Crippen LogP contribution < -0.4 is 10.1 Å². The molecule has 1 saturated carbocycles. The average molecular weight is 328 g/mol. The van der Waals surface area contributed by atoms with Crippen LogP contribution in [0.1, 0.15) is 31.7 Å². The number of halogens is 1. The Labute approximate surface area is 121 Å². The van der Waals surface area contributed by atoms with Crippen molar-refractivity contribution in [3.05, 3.63) is 28.2 Å². The van der Waals surface area contributed by atoms with Crippen LogP contribution in [0.25, 0.3) is 0 Å². The van der Waals surface area contributed by atoms with Crippen molar-refractivity contribution in [3.8, 4) is 5.75 Å². The van der Waals surface area contributed by atoms with Gasteiger partial charge in [-0.2, -0.15) is 0 Å². The van der Waals surface area contributed by atoms with E-state index in [2.05, 4.69) is 21.2 Å². The molecule has 0 heterocycles. The lowest BCUT2D eigenvalue weighted by Gasteiger charge is -2.17. The predicted octanol–water partition coefficient (Wildman–Crippen LogP) is 2.94. The maximum absolute atomic E-state index is 11.0. The topological polar surface area (TPSA) is 58.6 Å². The van der Waals surface area contributed by atoms with Crippen LogP contribution >= 0.6 is 15.9 Å². The van der Waals surface area contributed by atoms with Gasteiger partial charge >= 0.3 is 5.97 Å². The first-order valence-electron chi connectivity index (χ1n) is 6.51. The van der Waals surface area contributed by atoms with Gasteiger partial charge in [-0.3, -0.25) is 0 Å². The maximum atomic E-state index is 11.0. The van der Waals surface area contributed by atoms with E-state index < -0.39 is 12.1 Å². The van der Waals surface area contributed by atoms with Gasteiger partial charge in [0.25, 0.3) is 0 Å². The van der Waals surface area contributed by atoms with Crippen LogP contribution in [0.3, 0.4) is 0 Å². The summed E-state index contributed by atoms with van der Waals surface area (Å²) in [4.78, 5) is 11.0. The van der Waals surface area contributed by atoms with Crippen molar-refractivity contribution in [2.45, 2.75) is 44.9 Å². The number of hydrogen-bond acceptors (Lipinski definition) is 3. The number of ether oxygens (including phenoxy) is 1. The third-order valence-electron chi connectivity index (χ3n) is 3.10. The molecular weight excluding hydrogens is 310 g/mol. The smallest absolute Gasteiger partial charge is 0.344 e. The molecule has 0 aliphatic heterocycles. The quantitative estimate of drug-likeness (QED) is 0.808. The molecule has 0 amide bonds. The molecule has 5 heteroatoms. The lowest BCUT2D eigenvalue weighted by Crippen LogP contribution is -2.27. The van der Waals surface area contributed by atoms with Crippen molar-refractivity contribution >= 4 is 21.9 Å². The molecule has 1 aliphatic carbocycles. The number of benzene rings is 1. The van der Waals surface area contributed by atoms with Gasteiger partial charge in [0.2, 0.25) is 0 Å². The highest BCUT2D eigenvalue weighted by Crippen LogP contribution is 2.26. The van der Waals surface area contributed by atoms with Gasteiger partial charge in [0, 0.05) is 22.6 Å². The Balaban J connectivity index is 2.10. The summed E-state index contributed by atoms with van der Waals surface area (Å²) < 4.78 is 6.57. The van der Waals surface area contributed by atoms with Gasteiger partial charge in [-0.1, -0.05) is 22.9 Å². The number of carboxylic acid groups (broad SMARTS) is 1. The zero-order valence-electron chi connectivity index (χ0n) is 10.9. The highest BCUT2D eigenvalue weighted by Gasteiger charge is 2.22. The minimum absolute atomic E-state index is 0.445. The molecule has 1 aromatic rings. The number of nitrogens with one attached hydrogen (secondary N) is 1. The summed E-state index contributed by atoms with van der Waals surface area (Å²) in [7, 11) is 0. The van der Waals surface area contributed by atoms with Crippen molar-refractivity contribution < 1.29 is 14.6 Å². The molecular formula is C14H18BrNO3. The van der Waals surface area contributed by atoms with E-state index in [1.807, 2.05) is 18.2 Å². The van der Waals surface area contributed by atoms with Crippen LogP contribution in [-0.4, -0.2) is 23.2 Å². The molecule has 104 valence electrons. The molecule has 0 aromatic heterocycles. The van der Waals surface area contributed by atoms with Crippen molar-refractivity contribution in [1.82, 2.24) is 5.32 Å². The van der Waals surface area contributed by atoms with Gasteiger partial charge < -0.3 is 15.2 Å². The standard InChI is InChI=1S/C14H18BrNO3/c1-2-12(14(17)18)19-13-6-3-10(15)7-9(13)8-16-11-4-5-11/h3,6-7,11-12,16H,2,4-5,8H2,1H3,(H,17,18). The molecule has 2 rings (SSSR count). The maximum Gasteiger partial charge on any atom is 0.344 e. The predicted molar refractivity (Wildman–Crippen MR) is 76.3 cm³/mol. The summed E-state index contributed by atoms with van der Waals surface area (Å²) in [5, 5.41) is 12.5. The van der Waals surface area contributed by atoms with E-state index in [-0.39, 0.29) is 0 Å². The minimum atomic E-state index is -0.925. The van der Waals surface area contributed by atoms with Crippen LogP contribution in [0, 0.1) is 0 Å². The van der Waals surface area contributed by atoms with Crippen molar-refractivity contribution in [2.75, 3.05) is 0 Å². The number of carbonyl (C=O) groups is 1. The van der Waals surface area contributed by atoms with Crippen molar-refractivity contribution in [3.63, 3.8) is 0 Å². The highest BCUT2D eigenvalue weighted by atomic mass is 79.9. The van der Waals surface area contributed by atoms with Gasteiger partial charge in [-0.15, -0.1) is 0 Å². The van der Waals surface area contributed by atoms with Gasteiger partial charge in [-0.25, -0.2) is 4.79 Å². The normalized spacial score (nSPS) is 16.1. The molecule has 0 bridgehead atoms. The largest absolute Gasteiger partial charge is 0.479 e. The van der Waals surface area contributed by atoms with Gasteiger partial charge in [-0.05, 0) is 37.5 Å². The van der Waals surface area contributed by atoms with Gasteiger partial charge in [0.05, 0.1) is 0 Å². The molecule has 4 nitrogen and oxygen atoms in total. The highest BCUT2D eigenvalue weighted by molar-refractivity contribution is 9.10. The van der Waals surface area contributed by atoms with Crippen molar-refractivity contribution in [1.29, 1.82) is 0 Å². The molecule has 0 saturated heterocycles. The van der Waals surface area contributed by atoms with Gasteiger partial charge in [0.15, 0.2) is 6.10 Å². The fourth-order valence-corrected chi connectivity index (χ4v) is 2.21. The zero-order chi connectivity index (χ0) is 13.8. The number of carboxylic acids is 1. The summed E-state index contributed by atoms with van der Waals surface area (Å²) in [5.41, 5.74) is 0.987. The first-order valence-corrected chi connectivity index (χ1v) is 7.30. The second-order valence-corrected chi connectivity index (χ2v) is 5.68. The fraction of sp³-hybridized carbons (Fsp3) is 0.500. The molecule has 1 atom stereocenters. The number of rotatable bonds is 7. The second kappa shape index (κ2) is 6.39. The van der Waals surface area contributed by atoms with E-state index in [4.69, 9.17) is 9.84 Å². The Morgan fingerprint density at radius 3 is 2.89 bits per heavy atom. The lowest BCUT2D eigenvalue weighted by atomic mass is 10.2. The summed E-state index contributed by atoms with van der Waals surface area (Å²) in [6.07, 6.45) is 2.09. The zero-order valence-corrected chi connectivity index (χ0v) is 12.4. The Kier molecular flexibility index (Phi) is 4.82. The molecule has 1 aliphatic rings. The monoisotopic (exact) mass is 327 g/mol. The molecule has 0 radical (unpaired) electrons. The van der Waals surface area contributed by atoms with E-state index in [1.54, 1.807) is 6.92 Å². The molecule has 1 aromatic carbocycles. The van der Waals surface area contributed by atoms with Crippen LogP contribution in [0.5, 0.6) is 5.75 Å².